The lowest BCUT2D eigenvalue weighted by molar-refractivity contribution is -0.155. The lowest BCUT2D eigenvalue weighted by atomic mass is 9.98. The largest absolute Gasteiger partial charge is 0.459 e. The van der Waals surface area contributed by atoms with Gasteiger partial charge in [-0.2, -0.15) is 0 Å². The van der Waals surface area contributed by atoms with Crippen LogP contribution in [-0.2, 0) is 19.0 Å². The van der Waals surface area contributed by atoms with E-state index in [1.807, 2.05) is 48.5 Å². The first kappa shape index (κ1) is 31.9. The Balaban J connectivity index is 1.03. The Morgan fingerprint density at radius 1 is 0.660 bits per heavy atom. The van der Waals surface area contributed by atoms with Gasteiger partial charge in [0.15, 0.2) is 0 Å². The van der Waals surface area contributed by atoms with E-state index < -0.39 is 23.8 Å². The van der Waals surface area contributed by atoms with Crippen molar-refractivity contribution < 1.29 is 28.6 Å². The van der Waals surface area contributed by atoms with E-state index in [0.717, 1.165) is 44.5 Å². The SMILES string of the molecule is CC(C)(C)OC(=O)CN(CCCNC(=O)OCC1c2ccccc2-c2ccccc21)C(=O)OCC1c2ccccc2-c2ccccc21. The molecular formula is C39H40N2O6. The summed E-state index contributed by atoms with van der Waals surface area (Å²) in [5, 5.41) is 2.78. The minimum Gasteiger partial charge on any atom is -0.459 e. The molecule has 2 aliphatic rings. The Morgan fingerprint density at radius 2 is 1.09 bits per heavy atom. The highest BCUT2D eigenvalue weighted by molar-refractivity contribution is 5.81. The van der Waals surface area contributed by atoms with Crippen LogP contribution in [0.2, 0.25) is 0 Å². The van der Waals surface area contributed by atoms with Crippen LogP contribution in [0, 0.1) is 0 Å². The van der Waals surface area contributed by atoms with Crippen molar-refractivity contribution in [3.8, 4) is 22.3 Å². The van der Waals surface area contributed by atoms with Crippen molar-refractivity contribution in [2.75, 3.05) is 32.8 Å². The summed E-state index contributed by atoms with van der Waals surface area (Å²) in [5.74, 6) is -0.675. The summed E-state index contributed by atoms with van der Waals surface area (Å²) in [6, 6.07) is 32.6. The number of nitrogens with zero attached hydrogens (tertiary/aromatic N) is 1. The summed E-state index contributed by atoms with van der Waals surface area (Å²) in [6.07, 6.45) is -0.762. The second kappa shape index (κ2) is 13.7. The molecule has 0 unspecified atom stereocenters. The van der Waals surface area contributed by atoms with Gasteiger partial charge in [0.2, 0.25) is 0 Å². The predicted octanol–water partition coefficient (Wildman–Crippen LogP) is 7.51. The molecule has 0 fully saturated rings. The zero-order valence-corrected chi connectivity index (χ0v) is 27.0. The third-order valence-corrected chi connectivity index (χ3v) is 8.55. The molecule has 47 heavy (non-hydrogen) atoms. The molecule has 4 aromatic rings. The van der Waals surface area contributed by atoms with E-state index in [4.69, 9.17) is 14.2 Å². The van der Waals surface area contributed by atoms with E-state index in [1.54, 1.807) is 20.8 Å². The number of rotatable bonds is 10. The van der Waals surface area contributed by atoms with Gasteiger partial charge in [0, 0.05) is 24.9 Å². The topological polar surface area (TPSA) is 94.2 Å². The molecule has 6 rings (SSSR count). The first-order chi connectivity index (χ1) is 22.7. The van der Waals surface area contributed by atoms with Crippen molar-refractivity contribution in [1.29, 1.82) is 0 Å². The maximum atomic E-state index is 13.4. The van der Waals surface area contributed by atoms with Crippen LogP contribution in [0.4, 0.5) is 9.59 Å². The maximum absolute atomic E-state index is 13.4. The van der Waals surface area contributed by atoms with E-state index in [9.17, 15) is 14.4 Å². The van der Waals surface area contributed by atoms with Crippen LogP contribution in [0.15, 0.2) is 97.1 Å². The predicted molar refractivity (Wildman–Crippen MR) is 180 cm³/mol. The highest BCUT2D eigenvalue weighted by atomic mass is 16.6. The van der Waals surface area contributed by atoms with Crippen molar-refractivity contribution in [3.05, 3.63) is 119 Å². The Morgan fingerprint density at radius 3 is 1.53 bits per heavy atom. The Hall–Kier alpha value is -5.11. The van der Waals surface area contributed by atoms with Crippen molar-refractivity contribution in [2.45, 2.75) is 44.6 Å². The van der Waals surface area contributed by atoms with Gasteiger partial charge in [-0.25, -0.2) is 9.59 Å². The molecule has 0 spiro atoms. The number of alkyl carbamates (subject to hydrolysis) is 1. The molecule has 0 saturated heterocycles. The summed E-state index contributed by atoms with van der Waals surface area (Å²) in [4.78, 5) is 40.1. The number of nitrogens with one attached hydrogen (secondary N) is 1. The molecule has 2 aliphatic carbocycles. The Bertz CT molecular complexity index is 1690. The van der Waals surface area contributed by atoms with Crippen molar-refractivity contribution in [3.63, 3.8) is 0 Å². The first-order valence-electron chi connectivity index (χ1n) is 16.1. The fourth-order valence-corrected chi connectivity index (χ4v) is 6.56. The van der Waals surface area contributed by atoms with E-state index in [2.05, 4.69) is 53.8 Å². The number of esters is 1. The van der Waals surface area contributed by atoms with Crippen molar-refractivity contribution in [1.82, 2.24) is 10.2 Å². The zero-order valence-electron chi connectivity index (χ0n) is 27.0. The van der Waals surface area contributed by atoms with Gasteiger partial charge >= 0.3 is 18.2 Å². The number of amides is 2. The first-order valence-corrected chi connectivity index (χ1v) is 16.1. The van der Waals surface area contributed by atoms with E-state index in [1.165, 1.54) is 4.90 Å². The molecule has 0 bridgehead atoms. The van der Waals surface area contributed by atoms with Crippen LogP contribution in [0.5, 0.6) is 0 Å². The van der Waals surface area contributed by atoms with Gasteiger partial charge in [-0.1, -0.05) is 97.1 Å². The van der Waals surface area contributed by atoms with Gasteiger partial charge in [-0.3, -0.25) is 9.69 Å². The molecular weight excluding hydrogens is 592 g/mol. The standard InChI is InChI=1S/C39H40N2O6/c1-39(2,3)47-36(42)23-41(38(44)46-25-35-32-19-10-6-15-28(32)29-16-7-11-20-33(29)35)22-12-21-40-37(43)45-24-34-30-17-8-4-13-26(30)27-14-5-9-18-31(27)34/h4-11,13-20,34-35H,12,21-25H2,1-3H3,(H,40,43). The number of hydrogen-bond donors (Lipinski definition) is 1. The molecule has 8 nitrogen and oxygen atoms in total. The summed E-state index contributed by atoms with van der Waals surface area (Å²) in [7, 11) is 0. The summed E-state index contributed by atoms with van der Waals surface area (Å²) < 4.78 is 17.0. The minimum absolute atomic E-state index is 0.0361. The van der Waals surface area contributed by atoms with Gasteiger partial charge < -0.3 is 19.5 Å². The van der Waals surface area contributed by atoms with E-state index >= 15 is 0 Å². The number of carbonyl (C=O) groups is 3. The average Bonchev–Trinajstić information content (AvgIpc) is 3.55. The third kappa shape index (κ3) is 7.17. The summed E-state index contributed by atoms with van der Waals surface area (Å²) in [5.41, 5.74) is 8.38. The molecule has 1 N–H and O–H groups in total. The molecule has 0 aromatic heterocycles. The number of hydrogen-bond acceptors (Lipinski definition) is 6. The molecule has 0 heterocycles. The van der Waals surface area contributed by atoms with Crippen LogP contribution in [0.1, 0.15) is 61.3 Å². The van der Waals surface area contributed by atoms with Gasteiger partial charge in [0.05, 0.1) is 0 Å². The molecule has 0 radical (unpaired) electrons. The monoisotopic (exact) mass is 632 g/mol. The average molecular weight is 633 g/mol. The van der Waals surface area contributed by atoms with Crippen LogP contribution in [-0.4, -0.2) is 61.5 Å². The van der Waals surface area contributed by atoms with Gasteiger partial charge in [0.1, 0.15) is 25.4 Å². The van der Waals surface area contributed by atoms with E-state index in [0.29, 0.717) is 6.42 Å². The van der Waals surface area contributed by atoms with Crippen LogP contribution in [0.25, 0.3) is 22.3 Å². The second-order valence-corrected chi connectivity index (χ2v) is 12.9. The minimum atomic E-state index is -0.699. The molecule has 0 saturated carbocycles. The fraction of sp³-hybridized carbons (Fsp3) is 0.308. The van der Waals surface area contributed by atoms with Gasteiger partial charge in [0.25, 0.3) is 0 Å². The number of carbonyl (C=O) groups excluding carboxylic acids is 3. The van der Waals surface area contributed by atoms with Crippen molar-refractivity contribution >= 4 is 18.2 Å². The van der Waals surface area contributed by atoms with Crippen LogP contribution >= 0.6 is 0 Å². The normalized spacial score (nSPS) is 13.2. The van der Waals surface area contributed by atoms with E-state index in [-0.39, 0.29) is 44.7 Å². The van der Waals surface area contributed by atoms with Crippen molar-refractivity contribution in [2.24, 2.45) is 0 Å². The maximum Gasteiger partial charge on any atom is 0.410 e. The summed E-state index contributed by atoms with van der Waals surface area (Å²) in [6.45, 7) is 5.85. The second-order valence-electron chi connectivity index (χ2n) is 12.9. The molecule has 8 heteroatoms. The quantitative estimate of drug-likeness (QED) is 0.111. The third-order valence-electron chi connectivity index (χ3n) is 8.55. The number of benzene rings is 4. The van der Waals surface area contributed by atoms with Crippen LogP contribution < -0.4 is 5.32 Å². The highest BCUT2D eigenvalue weighted by Crippen LogP contribution is 2.45. The lowest BCUT2D eigenvalue weighted by Gasteiger charge is -2.25. The highest BCUT2D eigenvalue weighted by Gasteiger charge is 2.31. The van der Waals surface area contributed by atoms with Crippen LogP contribution in [0.3, 0.4) is 0 Å². The molecule has 2 amide bonds. The Kier molecular flexibility index (Phi) is 9.29. The lowest BCUT2D eigenvalue weighted by Crippen LogP contribution is -2.41. The molecule has 4 aromatic carbocycles. The number of ether oxygens (including phenoxy) is 3. The molecule has 0 atom stereocenters. The van der Waals surface area contributed by atoms with Gasteiger partial charge in [-0.05, 0) is 71.7 Å². The molecule has 0 aliphatic heterocycles. The molecule has 242 valence electrons. The Labute approximate surface area is 275 Å². The number of fused-ring (bicyclic) bond motifs is 6. The zero-order chi connectivity index (χ0) is 33.0. The smallest absolute Gasteiger partial charge is 0.410 e. The summed E-state index contributed by atoms with van der Waals surface area (Å²) >= 11 is 0. The fourth-order valence-electron chi connectivity index (χ4n) is 6.56. The van der Waals surface area contributed by atoms with Gasteiger partial charge in [-0.15, -0.1) is 0 Å².